The molecule has 0 saturated heterocycles. The maximum Gasteiger partial charge on any atom is 0.343 e. The average Bonchev–Trinajstić information content (AvgIpc) is 2.39. The molecule has 0 bridgehead atoms. The van der Waals surface area contributed by atoms with E-state index in [4.69, 9.17) is 4.74 Å². The number of benzene rings is 2. The molecule has 21 heavy (non-hydrogen) atoms. The van der Waals surface area contributed by atoms with Crippen molar-refractivity contribution in [1.29, 1.82) is 0 Å². The quantitative estimate of drug-likeness (QED) is 0.583. The lowest BCUT2D eigenvalue weighted by molar-refractivity contribution is 0.0733. The van der Waals surface area contributed by atoms with Gasteiger partial charge in [-0.15, -0.1) is 0 Å². The second-order valence-electron chi connectivity index (χ2n) is 6.49. The Bertz CT molecular complexity index is 664. The summed E-state index contributed by atoms with van der Waals surface area (Å²) in [5.74, 6) is 0.305. The summed E-state index contributed by atoms with van der Waals surface area (Å²) >= 11 is 0. The third-order valence-corrected chi connectivity index (χ3v) is 3.50. The molecule has 2 aromatic carbocycles. The number of aryl methyl sites for hydroxylation is 2. The molecule has 0 spiro atoms. The van der Waals surface area contributed by atoms with E-state index < -0.39 is 0 Å². The van der Waals surface area contributed by atoms with E-state index in [0.29, 0.717) is 11.3 Å². The van der Waals surface area contributed by atoms with Crippen LogP contribution in [0.4, 0.5) is 0 Å². The lowest BCUT2D eigenvalue weighted by atomic mass is 9.86. The van der Waals surface area contributed by atoms with Gasteiger partial charge >= 0.3 is 5.97 Å². The third-order valence-electron chi connectivity index (χ3n) is 3.50. The van der Waals surface area contributed by atoms with Gasteiger partial charge in [0.15, 0.2) is 0 Å². The van der Waals surface area contributed by atoms with Crippen molar-refractivity contribution in [3.8, 4) is 5.75 Å². The number of ether oxygens (including phenoxy) is 1. The number of hydrogen-bond donors (Lipinski definition) is 0. The van der Waals surface area contributed by atoms with Crippen molar-refractivity contribution in [1.82, 2.24) is 0 Å². The van der Waals surface area contributed by atoms with Gasteiger partial charge in [0.1, 0.15) is 5.75 Å². The van der Waals surface area contributed by atoms with E-state index in [9.17, 15) is 4.79 Å². The number of hydrogen-bond acceptors (Lipinski definition) is 2. The molecule has 0 atom stereocenters. The molecule has 0 amide bonds. The van der Waals surface area contributed by atoms with Crippen molar-refractivity contribution in [3.63, 3.8) is 0 Å². The molecule has 0 aliphatic rings. The van der Waals surface area contributed by atoms with Crippen molar-refractivity contribution < 1.29 is 9.53 Å². The molecule has 0 aliphatic heterocycles. The Balaban J connectivity index is 2.22. The van der Waals surface area contributed by atoms with Crippen molar-refractivity contribution in [2.75, 3.05) is 0 Å². The highest BCUT2D eigenvalue weighted by atomic mass is 16.5. The van der Waals surface area contributed by atoms with Crippen LogP contribution in [0, 0.1) is 13.8 Å². The van der Waals surface area contributed by atoms with E-state index >= 15 is 0 Å². The number of carbonyl (C=O) groups excluding carboxylic acids is 1. The summed E-state index contributed by atoms with van der Waals surface area (Å²) in [7, 11) is 0. The van der Waals surface area contributed by atoms with Crippen LogP contribution in [0.15, 0.2) is 42.5 Å². The Morgan fingerprint density at radius 2 is 1.71 bits per heavy atom. The van der Waals surface area contributed by atoms with E-state index in [1.807, 2.05) is 44.2 Å². The SMILES string of the molecule is Cc1cccc(C(=O)Oc2ccc(C(C)(C)C)cc2C)c1. The maximum atomic E-state index is 12.2. The first-order valence-corrected chi connectivity index (χ1v) is 7.17. The Morgan fingerprint density at radius 1 is 1.00 bits per heavy atom. The molecule has 2 nitrogen and oxygen atoms in total. The molecule has 2 rings (SSSR count). The molecule has 0 N–H and O–H groups in total. The molecule has 0 radical (unpaired) electrons. The van der Waals surface area contributed by atoms with E-state index in [2.05, 4.69) is 26.8 Å². The Hall–Kier alpha value is -2.09. The number of rotatable bonds is 2. The molecule has 2 heteroatoms. The van der Waals surface area contributed by atoms with Crippen LogP contribution in [-0.2, 0) is 5.41 Å². The summed E-state index contributed by atoms with van der Waals surface area (Å²) in [6, 6.07) is 13.4. The van der Waals surface area contributed by atoms with Gasteiger partial charge in [-0.05, 0) is 48.6 Å². The highest BCUT2D eigenvalue weighted by Gasteiger charge is 2.16. The maximum absolute atomic E-state index is 12.2. The molecule has 0 fully saturated rings. The molecule has 0 aromatic heterocycles. The van der Waals surface area contributed by atoms with Gasteiger partial charge in [0.2, 0.25) is 0 Å². The van der Waals surface area contributed by atoms with Crippen LogP contribution in [0.2, 0.25) is 0 Å². The summed E-state index contributed by atoms with van der Waals surface area (Å²) < 4.78 is 5.51. The molecule has 0 saturated carbocycles. The molecular formula is C19H22O2. The van der Waals surface area contributed by atoms with E-state index in [1.165, 1.54) is 5.56 Å². The summed E-state index contributed by atoms with van der Waals surface area (Å²) in [6.45, 7) is 10.4. The fourth-order valence-corrected chi connectivity index (χ4v) is 2.16. The van der Waals surface area contributed by atoms with Gasteiger partial charge in [-0.3, -0.25) is 0 Å². The minimum absolute atomic E-state index is 0.0871. The summed E-state index contributed by atoms with van der Waals surface area (Å²) in [4.78, 5) is 12.2. The second-order valence-corrected chi connectivity index (χ2v) is 6.49. The van der Waals surface area contributed by atoms with Gasteiger partial charge in [0, 0.05) is 0 Å². The molecule has 0 unspecified atom stereocenters. The van der Waals surface area contributed by atoms with Crippen LogP contribution in [0.3, 0.4) is 0 Å². The first-order valence-electron chi connectivity index (χ1n) is 7.17. The Morgan fingerprint density at radius 3 is 2.29 bits per heavy atom. The first-order chi connectivity index (χ1) is 9.77. The fraction of sp³-hybridized carbons (Fsp3) is 0.316. The van der Waals surface area contributed by atoms with E-state index in [1.54, 1.807) is 6.07 Å². The van der Waals surface area contributed by atoms with Crippen LogP contribution in [0.25, 0.3) is 0 Å². The van der Waals surface area contributed by atoms with Crippen molar-refractivity contribution >= 4 is 5.97 Å². The predicted molar refractivity (Wildman–Crippen MR) is 86.0 cm³/mol. The molecule has 110 valence electrons. The zero-order chi connectivity index (χ0) is 15.6. The predicted octanol–water partition coefficient (Wildman–Crippen LogP) is 4.82. The zero-order valence-electron chi connectivity index (χ0n) is 13.4. The normalized spacial score (nSPS) is 11.3. The molecular weight excluding hydrogens is 260 g/mol. The van der Waals surface area contributed by atoms with Crippen LogP contribution >= 0.6 is 0 Å². The monoisotopic (exact) mass is 282 g/mol. The van der Waals surface area contributed by atoms with Gasteiger partial charge in [0.25, 0.3) is 0 Å². The Kier molecular flexibility index (Phi) is 4.17. The van der Waals surface area contributed by atoms with Crippen molar-refractivity contribution in [2.24, 2.45) is 0 Å². The Labute approximate surface area is 126 Å². The van der Waals surface area contributed by atoms with Crippen LogP contribution in [0.5, 0.6) is 5.75 Å². The minimum atomic E-state index is -0.315. The topological polar surface area (TPSA) is 26.3 Å². The smallest absolute Gasteiger partial charge is 0.343 e. The van der Waals surface area contributed by atoms with E-state index in [0.717, 1.165) is 11.1 Å². The lowest BCUT2D eigenvalue weighted by Gasteiger charge is -2.20. The minimum Gasteiger partial charge on any atom is -0.423 e. The van der Waals surface area contributed by atoms with Crippen molar-refractivity contribution in [3.05, 3.63) is 64.7 Å². The number of carbonyl (C=O) groups is 1. The second kappa shape index (κ2) is 5.72. The fourth-order valence-electron chi connectivity index (χ4n) is 2.16. The van der Waals surface area contributed by atoms with Gasteiger partial charge in [0.05, 0.1) is 5.56 Å². The van der Waals surface area contributed by atoms with Gasteiger partial charge in [-0.1, -0.05) is 50.6 Å². The summed E-state index contributed by atoms with van der Waals surface area (Å²) in [5, 5.41) is 0. The van der Waals surface area contributed by atoms with Crippen LogP contribution in [0.1, 0.15) is 47.8 Å². The van der Waals surface area contributed by atoms with Gasteiger partial charge < -0.3 is 4.74 Å². The van der Waals surface area contributed by atoms with Crippen LogP contribution < -0.4 is 4.74 Å². The average molecular weight is 282 g/mol. The molecule has 2 aromatic rings. The highest BCUT2D eigenvalue weighted by Crippen LogP contribution is 2.28. The zero-order valence-corrected chi connectivity index (χ0v) is 13.4. The standard InChI is InChI=1S/C19H22O2/c1-13-7-6-8-15(11-13)18(20)21-17-10-9-16(12-14(17)2)19(3,4)5/h6-12H,1-5H3. The van der Waals surface area contributed by atoms with Crippen LogP contribution in [-0.4, -0.2) is 5.97 Å². The lowest BCUT2D eigenvalue weighted by Crippen LogP contribution is -2.13. The summed E-state index contributed by atoms with van der Waals surface area (Å²) in [6.07, 6.45) is 0. The third kappa shape index (κ3) is 3.72. The largest absolute Gasteiger partial charge is 0.423 e. The molecule has 0 heterocycles. The number of esters is 1. The van der Waals surface area contributed by atoms with Gasteiger partial charge in [-0.2, -0.15) is 0 Å². The van der Waals surface area contributed by atoms with E-state index in [-0.39, 0.29) is 11.4 Å². The highest BCUT2D eigenvalue weighted by molar-refractivity contribution is 5.91. The summed E-state index contributed by atoms with van der Waals surface area (Å²) in [5.41, 5.74) is 3.92. The molecule has 0 aliphatic carbocycles. The van der Waals surface area contributed by atoms with Crippen molar-refractivity contribution in [2.45, 2.75) is 40.0 Å². The van der Waals surface area contributed by atoms with Gasteiger partial charge in [-0.25, -0.2) is 4.79 Å². The first kappa shape index (κ1) is 15.3.